The van der Waals surface area contributed by atoms with Crippen molar-refractivity contribution in [3.8, 4) is 0 Å². The molecule has 0 aromatic carbocycles. The zero-order valence-electron chi connectivity index (χ0n) is 13.0. The Morgan fingerprint density at radius 2 is 1.74 bits per heavy atom. The van der Waals surface area contributed by atoms with Crippen LogP contribution in [-0.4, -0.2) is 55.6 Å². The van der Waals surface area contributed by atoms with Crippen LogP contribution in [0.5, 0.6) is 0 Å². The summed E-state index contributed by atoms with van der Waals surface area (Å²) < 4.78 is 0. The van der Waals surface area contributed by atoms with Gasteiger partial charge in [-0.2, -0.15) is 0 Å². The monoisotopic (exact) mass is 267 g/mol. The highest BCUT2D eigenvalue weighted by molar-refractivity contribution is 4.87. The minimum absolute atomic E-state index is 0.640. The van der Waals surface area contributed by atoms with Crippen LogP contribution < -0.4 is 5.73 Å². The Morgan fingerprint density at radius 3 is 2.32 bits per heavy atom. The van der Waals surface area contributed by atoms with Crippen LogP contribution in [0.25, 0.3) is 0 Å². The van der Waals surface area contributed by atoms with Gasteiger partial charge in [-0.15, -0.1) is 0 Å². The van der Waals surface area contributed by atoms with Gasteiger partial charge >= 0.3 is 0 Å². The van der Waals surface area contributed by atoms with Crippen molar-refractivity contribution in [3.05, 3.63) is 0 Å². The second-order valence-electron chi connectivity index (χ2n) is 6.81. The molecule has 3 heteroatoms. The number of rotatable bonds is 4. The number of hydrogen-bond donors (Lipinski definition) is 1. The quantitative estimate of drug-likeness (QED) is 0.793. The Labute approximate surface area is 119 Å². The summed E-state index contributed by atoms with van der Waals surface area (Å²) in [6, 6.07) is 1.37. The first-order chi connectivity index (χ1) is 9.22. The van der Waals surface area contributed by atoms with Crippen molar-refractivity contribution < 1.29 is 0 Å². The zero-order valence-corrected chi connectivity index (χ0v) is 13.0. The summed E-state index contributed by atoms with van der Waals surface area (Å²) in [5.41, 5.74) is 6.15. The highest BCUT2D eigenvalue weighted by atomic mass is 15.2. The van der Waals surface area contributed by atoms with Crippen LogP contribution in [0.3, 0.4) is 0 Å². The Bertz CT molecular complexity index is 246. The maximum atomic E-state index is 6.15. The molecule has 2 aliphatic rings. The molecule has 19 heavy (non-hydrogen) atoms. The van der Waals surface area contributed by atoms with E-state index in [0.29, 0.717) is 6.04 Å². The average molecular weight is 267 g/mol. The Hall–Kier alpha value is -0.120. The van der Waals surface area contributed by atoms with E-state index in [1.807, 2.05) is 0 Å². The van der Waals surface area contributed by atoms with Crippen LogP contribution in [0.4, 0.5) is 0 Å². The van der Waals surface area contributed by atoms with Gasteiger partial charge in [0.2, 0.25) is 0 Å². The van der Waals surface area contributed by atoms with Crippen molar-refractivity contribution in [1.82, 2.24) is 9.80 Å². The number of piperidine rings is 1. The van der Waals surface area contributed by atoms with Gasteiger partial charge in [0.05, 0.1) is 0 Å². The molecule has 1 aliphatic carbocycles. The fraction of sp³-hybridized carbons (Fsp3) is 1.00. The average Bonchev–Trinajstić information content (AvgIpc) is 2.69. The Kier molecular flexibility index (Phi) is 6.11. The molecule has 0 aromatic rings. The van der Waals surface area contributed by atoms with Gasteiger partial charge in [-0.25, -0.2) is 0 Å². The molecule has 1 saturated heterocycles. The summed E-state index contributed by atoms with van der Waals surface area (Å²) in [7, 11) is 4.44. The van der Waals surface area contributed by atoms with Gasteiger partial charge in [-0.05, 0) is 52.2 Å². The lowest BCUT2D eigenvalue weighted by molar-refractivity contribution is 0.0677. The number of likely N-dealkylation sites (tertiary alicyclic amines) is 1. The lowest BCUT2D eigenvalue weighted by Crippen LogP contribution is -2.53. The molecule has 2 unspecified atom stereocenters. The molecule has 2 rings (SSSR count). The van der Waals surface area contributed by atoms with E-state index in [4.69, 9.17) is 5.73 Å². The highest BCUT2D eigenvalue weighted by Crippen LogP contribution is 2.29. The maximum Gasteiger partial charge on any atom is 0.0247 e. The van der Waals surface area contributed by atoms with Crippen LogP contribution in [0, 0.1) is 5.92 Å². The standard InChI is InChI=1S/C16H33N3/c1-18(2)15-10-7-11-19(13-15)16(12-17)14-8-5-3-4-6-9-14/h14-16H,3-13,17H2,1-2H3. The summed E-state index contributed by atoms with van der Waals surface area (Å²) in [6.45, 7) is 3.35. The summed E-state index contributed by atoms with van der Waals surface area (Å²) in [6.07, 6.45) is 11.2. The van der Waals surface area contributed by atoms with Crippen molar-refractivity contribution in [3.63, 3.8) is 0 Å². The molecule has 1 heterocycles. The molecule has 2 N–H and O–H groups in total. The lowest BCUT2D eigenvalue weighted by atomic mass is 9.89. The minimum atomic E-state index is 0.640. The molecule has 0 amide bonds. The summed E-state index contributed by atoms with van der Waals surface area (Å²) >= 11 is 0. The second kappa shape index (κ2) is 7.61. The first-order valence-corrected chi connectivity index (χ1v) is 8.33. The normalized spacial score (nSPS) is 29.4. The number of hydrogen-bond acceptors (Lipinski definition) is 3. The van der Waals surface area contributed by atoms with Gasteiger partial charge in [-0.3, -0.25) is 4.90 Å². The van der Waals surface area contributed by atoms with E-state index in [0.717, 1.165) is 18.5 Å². The largest absolute Gasteiger partial charge is 0.329 e. The first kappa shape index (κ1) is 15.3. The van der Waals surface area contributed by atoms with Crippen molar-refractivity contribution >= 4 is 0 Å². The summed E-state index contributed by atoms with van der Waals surface area (Å²) in [5, 5.41) is 0. The number of nitrogens with two attached hydrogens (primary N) is 1. The summed E-state index contributed by atoms with van der Waals surface area (Å²) in [4.78, 5) is 5.11. The van der Waals surface area contributed by atoms with Crippen molar-refractivity contribution in [2.75, 3.05) is 33.7 Å². The van der Waals surface area contributed by atoms with Crippen LogP contribution in [-0.2, 0) is 0 Å². The van der Waals surface area contributed by atoms with Gasteiger partial charge in [0.15, 0.2) is 0 Å². The lowest BCUT2D eigenvalue weighted by Gasteiger charge is -2.43. The first-order valence-electron chi connectivity index (χ1n) is 8.33. The Morgan fingerprint density at radius 1 is 1.05 bits per heavy atom. The van der Waals surface area contributed by atoms with Gasteiger partial charge < -0.3 is 10.6 Å². The predicted molar refractivity (Wildman–Crippen MR) is 82.3 cm³/mol. The van der Waals surface area contributed by atoms with Gasteiger partial charge in [0.1, 0.15) is 0 Å². The van der Waals surface area contributed by atoms with Crippen LogP contribution in [0.15, 0.2) is 0 Å². The molecular formula is C16H33N3. The Balaban J connectivity index is 1.95. The van der Waals surface area contributed by atoms with Crippen molar-refractivity contribution in [2.24, 2.45) is 11.7 Å². The van der Waals surface area contributed by atoms with E-state index in [-0.39, 0.29) is 0 Å². The SMILES string of the molecule is CN(C)C1CCCN(C(CN)C2CCCCCC2)C1. The molecule has 0 radical (unpaired) electrons. The topological polar surface area (TPSA) is 32.5 Å². The molecule has 1 aliphatic heterocycles. The molecule has 0 aromatic heterocycles. The number of likely N-dealkylation sites (N-methyl/N-ethyl adjacent to an activating group) is 1. The van der Waals surface area contributed by atoms with E-state index in [1.54, 1.807) is 0 Å². The van der Waals surface area contributed by atoms with E-state index < -0.39 is 0 Å². The van der Waals surface area contributed by atoms with E-state index in [9.17, 15) is 0 Å². The third kappa shape index (κ3) is 4.17. The fourth-order valence-corrected chi connectivity index (χ4v) is 4.04. The van der Waals surface area contributed by atoms with E-state index >= 15 is 0 Å². The maximum absolute atomic E-state index is 6.15. The van der Waals surface area contributed by atoms with Crippen molar-refractivity contribution in [2.45, 2.75) is 63.5 Å². The van der Waals surface area contributed by atoms with Crippen LogP contribution >= 0.6 is 0 Å². The summed E-state index contributed by atoms with van der Waals surface area (Å²) in [5.74, 6) is 0.855. The molecule has 0 spiro atoms. The third-order valence-corrected chi connectivity index (χ3v) is 5.31. The number of nitrogens with zero attached hydrogens (tertiary/aromatic N) is 2. The van der Waals surface area contributed by atoms with Crippen LogP contribution in [0.2, 0.25) is 0 Å². The van der Waals surface area contributed by atoms with Gasteiger partial charge in [-0.1, -0.05) is 25.7 Å². The van der Waals surface area contributed by atoms with Gasteiger partial charge in [0.25, 0.3) is 0 Å². The molecule has 0 bridgehead atoms. The molecule has 112 valence electrons. The molecular weight excluding hydrogens is 234 g/mol. The molecule has 1 saturated carbocycles. The highest BCUT2D eigenvalue weighted by Gasteiger charge is 2.31. The van der Waals surface area contributed by atoms with E-state index in [1.165, 1.54) is 64.5 Å². The smallest absolute Gasteiger partial charge is 0.0247 e. The fourth-order valence-electron chi connectivity index (χ4n) is 4.04. The minimum Gasteiger partial charge on any atom is -0.329 e. The molecule has 3 nitrogen and oxygen atoms in total. The van der Waals surface area contributed by atoms with Crippen LogP contribution in [0.1, 0.15) is 51.4 Å². The second-order valence-corrected chi connectivity index (χ2v) is 6.81. The van der Waals surface area contributed by atoms with E-state index in [2.05, 4.69) is 23.9 Å². The van der Waals surface area contributed by atoms with Gasteiger partial charge in [0, 0.05) is 25.2 Å². The molecule has 2 fully saturated rings. The zero-order chi connectivity index (χ0) is 13.7. The third-order valence-electron chi connectivity index (χ3n) is 5.31. The molecule has 2 atom stereocenters. The van der Waals surface area contributed by atoms with Crippen molar-refractivity contribution in [1.29, 1.82) is 0 Å². The predicted octanol–water partition coefficient (Wildman–Crippen LogP) is 2.31.